The first kappa shape index (κ1) is 13.5. The van der Waals surface area contributed by atoms with Crippen molar-refractivity contribution in [2.24, 2.45) is 5.92 Å². The van der Waals surface area contributed by atoms with Crippen LogP contribution in [-0.2, 0) is 9.53 Å². The molecule has 1 aliphatic heterocycles. The summed E-state index contributed by atoms with van der Waals surface area (Å²) in [5, 5.41) is 8.99. The van der Waals surface area contributed by atoms with Crippen molar-refractivity contribution in [3.63, 3.8) is 0 Å². The third-order valence-electron chi connectivity index (χ3n) is 3.13. The lowest BCUT2D eigenvalue weighted by Gasteiger charge is -2.43. The molecule has 1 amide bonds. The Morgan fingerprint density at radius 1 is 1.59 bits per heavy atom. The number of rotatable bonds is 3. The second-order valence-corrected chi connectivity index (χ2v) is 4.86. The Morgan fingerprint density at radius 3 is 2.76 bits per heavy atom. The predicted molar refractivity (Wildman–Crippen MR) is 62.7 cm³/mol. The Bertz CT molecular complexity index is 324. The summed E-state index contributed by atoms with van der Waals surface area (Å²) in [5.41, 5.74) is -0.357. The minimum atomic E-state index is -0.859. The first-order chi connectivity index (χ1) is 7.88. The molecule has 1 rings (SSSR count). The van der Waals surface area contributed by atoms with Crippen LogP contribution < -0.4 is 0 Å². The van der Waals surface area contributed by atoms with E-state index in [9.17, 15) is 9.59 Å². The molecule has 0 radical (unpaired) electrons. The third kappa shape index (κ3) is 3.22. The van der Waals surface area contributed by atoms with Gasteiger partial charge in [0.05, 0.1) is 5.92 Å². The number of amides is 1. The molecule has 1 N–H and O–H groups in total. The molecule has 5 heteroatoms. The van der Waals surface area contributed by atoms with Crippen LogP contribution in [0.1, 0.15) is 26.7 Å². The zero-order valence-electron chi connectivity index (χ0n) is 10.3. The van der Waals surface area contributed by atoms with E-state index in [0.29, 0.717) is 12.8 Å². The van der Waals surface area contributed by atoms with Crippen LogP contribution in [0.2, 0.25) is 0 Å². The van der Waals surface area contributed by atoms with Crippen molar-refractivity contribution in [2.45, 2.75) is 32.2 Å². The number of aliphatic carboxylic acids is 1. The Kier molecular flexibility index (Phi) is 4.15. The van der Waals surface area contributed by atoms with Crippen LogP contribution in [0.15, 0.2) is 12.7 Å². The van der Waals surface area contributed by atoms with Crippen molar-refractivity contribution in [1.82, 2.24) is 4.90 Å². The summed E-state index contributed by atoms with van der Waals surface area (Å²) < 4.78 is 4.97. The van der Waals surface area contributed by atoms with Gasteiger partial charge in [-0.1, -0.05) is 12.7 Å². The van der Waals surface area contributed by atoms with Crippen LogP contribution in [0.3, 0.4) is 0 Å². The van der Waals surface area contributed by atoms with Crippen LogP contribution in [0, 0.1) is 5.92 Å². The van der Waals surface area contributed by atoms with Crippen molar-refractivity contribution in [3.05, 3.63) is 12.7 Å². The number of nitrogens with zero attached hydrogens (tertiary/aromatic N) is 1. The SMILES string of the molecule is C=CCOC(=O)N1CC(C(=O)O)CCC1(C)C. The number of carbonyl (C=O) groups is 2. The monoisotopic (exact) mass is 241 g/mol. The third-order valence-corrected chi connectivity index (χ3v) is 3.13. The zero-order valence-corrected chi connectivity index (χ0v) is 10.3. The molecule has 0 aromatic carbocycles. The first-order valence-corrected chi connectivity index (χ1v) is 5.66. The lowest BCUT2D eigenvalue weighted by molar-refractivity contribution is -0.144. The van der Waals surface area contributed by atoms with Crippen LogP contribution in [0.4, 0.5) is 4.79 Å². The van der Waals surface area contributed by atoms with E-state index in [1.54, 1.807) is 0 Å². The molecule has 0 bridgehead atoms. The molecule has 1 fully saturated rings. The van der Waals surface area contributed by atoms with Crippen LogP contribution in [0.25, 0.3) is 0 Å². The minimum absolute atomic E-state index is 0.142. The molecular weight excluding hydrogens is 222 g/mol. The number of hydrogen-bond donors (Lipinski definition) is 1. The molecule has 1 unspecified atom stereocenters. The summed E-state index contributed by atoms with van der Waals surface area (Å²) in [6.45, 7) is 7.65. The van der Waals surface area contributed by atoms with Gasteiger partial charge in [-0.15, -0.1) is 0 Å². The number of carbonyl (C=O) groups excluding carboxylic acids is 1. The van der Waals surface area contributed by atoms with Crippen molar-refractivity contribution in [2.75, 3.05) is 13.2 Å². The van der Waals surface area contributed by atoms with Gasteiger partial charge < -0.3 is 14.7 Å². The van der Waals surface area contributed by atoms with Crippen molar-refractivity contribution >= 4 is 12.1 Å². The average Bonchev–Trinajstić information content (AvgIpc) is 2.25. The van der Waals surface area contributed by atoms with Crippen LogP contribution in [-0.4, -0.2) is 40.8 Å². The number of carboxylic acids is 1. The average molecular weight is 241 g/mol. The van der Waals surface area contributed by atoms with Crippen molar-refractivity contribution in [3.8, 4) is 0 Å². The molecule has 96 valence electrons. The van der Waals surface area contributed by atoms with E-state index in [-0.39, 0.29) is 18.7 Å². The molecule has 0 saturated carbocycles. The van der Waals surface area contributed by atoms with Crippen LogP contribution in [0.5, 0.6) is 0 Å². The van der Waals surface area contributed by atoms with Crippen molar-refractivity contribution < 1.29 is 19.4 Å². The Morgan fingerprint density at radius 2 is 2.24 bits per heavy atom. The molecule has 17 heavy (non-hydrogen) atoms. The summed E-state index contributed by atoms with van der Waals surface area (Å²) in [7, 11) is 0. The molecule has 0 aromatic rings. The second-order valence-electron chi connectivity index (χ2n) is 4.86. The molecule has 0 spiro atoms. The molecular formula is C12H19NO4. The van der Waals surface area contributed by atoms with Gasteiger partial charge in [-0.05, 0) is 26.7 Å². The smallest absolute Gasteiger partial charge is 0.410 e. The van der Waals surface area contributed by atoms with Gasteiger partial charge in [0.25, 0.3) is 0 Å². The lowest BCUT2D eigenvalue weighted by atomic mass is 9.85. The predicted octanol–water partition coefficient (Wildman–Crippen LogP) is 1.88. The minimum Gasteiger partial charge on any atom is -0.481 e. The summed E-state index contributed by atoms with van der Waals surface area (Å²) >= 11 is 0. The highest BCUT2D eigenvalue weighted by atomic mass is 16.6. The highest BCUT2D eigenvalue weighted by molar-refractivity contribution is 5.73. The maximum absolute atomic E-state index is 11.8. The lowest BCUT2D eigenvalue weighted by Crippen LogP contribution is -2.54. The molecule has 0 aliphatic carbocycles. The topological polar surface area (TPSA) is 66.8 Å². The van der Waals surface area contributed by atoms with Gasteiger partial charge in [0.2, 0.25) is 0 Å². The van der Waals surface area contributed by atoms with Gasteiger partial charge in [-0.25, -0.2) is 4.79 Å². The maximum Gasteiger partial charge on any atom is 0.410 e. The standard InChI is InChI=1S/C12H19NO4/c1-4-7-17-11(16)13-8-9(10(14)15)5-6-12(13,2)3/h4,9H,1,5-8H2,2-3H3,(H,14,15). The van der Waals surface area contributed by atoms with Gasteiger partial charge in [0.15, 0.2) is 0 Å². The number of carboxylic acid groups (broad SMARTS) is 1. The van der Waals surface area contributed by atoms with E-state index in [4.69, 9.17) is 9.84 Å². The summed E-state index contributed by atoms with van der Waals surface area (Å²) in [4.78, 5) is 24.3. The first-order valence-electron chi connectivity index (χ1n) is 5.66. The van der Waals surface area contributed by atoms with E-state index in [1.165, 1.54) is 11.0 Å². The van der Waals surface area contributed by atoms with Crippen molar-refractivity contribution in [1.29, 1.82) is 0 Å². The number of hydrogen-bond acceptors (Lipinski definition) is 3. The summed E-state index contributed by atoms with van der Waals surface area (Å²) in [5.74, 6) is -1.36. The van der Waals surface area contributed by atoms with E-state index in [1.807, 2.05) is 13.8 Å². The van der Waals surface area contributed by atoms with E-state index < -0.39 is 18.0 Å². The van der Waals surface area contributed by atoms with Gasteiger partial charge in [-0.2, -0.15) is 0 Å². The number of likely N-dealkylation sites (tertiary alicyclic amines) is 1. The fourth-order valence-electron chi connectivity index (χ4n) is 1.95. The fourth-order valence-corrected chi connectivity index (χ4v) is 1.95. The molecule has 1 saturated heterocycles. The summed E-state index contributed by atoms with van der Waals surface area (Å²) in [6, 6.07) is 0. The van der Waals surface area contributed by atoms with E-state index in [2.05, 4.69) is 6.58 Å². The van der Waals surface area contributed by atoms with Gasteiger partial charge in [0.1, 0.15) is 6.61 Å². The molecule has 1 aliphatic rings. The largest absolute Gasteiger partial charge is 0.481 e. The normalized spacial score (nSPS) is 22.9. The van der Waals surface area contributed by atoms with Gasteiger partial charge in [-0.3, -0.25) is 4.79 Å². The highest BCUT2D eigenvalue weighted by Gasteiger charge is 2.40. The molecule has 1 heterocycles. The molecule has 1 atom stereocenters. The zero-order chi connectivity index (χ0) is 13.1. The van der Waals surface area contributed by atoms with E-state index >= 15 is 0 Å². The van der Waals surface area contributed by atoms with Gasteiger partial charge >= 0.3 is 12.1 Å². The van der Waals surface area contributed by atoms with E-state index in [0.717, 1.165) is 0 Å². The maximum atomic E-state index is 11.8. The Labute approximate surface area is 101 Å². The van der Waals surface area contributed by atoms with Crippen LogP contribution >= 0.6 is 0 Å². The highest BCUT2D eigenvalue weighted by Crippen LogP contribution is 2.31. The second kappa shape index (κ2) is 5.21. The summed E-state index contributed by atoms with van der Waals surface area (Å²) in [6.07, 6.45) is 2.27. The Hall–Kier alpha value is -1.52. The number of piperidine rings is 1. The van der Waals surface area contributed by atoms with Gasteiger partial charge in [0, 0.05) is 12.1 Å². The number of ether oxygens (including phenoxy) is 1. The Balaban J connectivity index is 2.73. The fraction of sp³-hybridized carbons (Fsp3) is 0.667. The quantitative estimate of drug-likeness (QED) is 0.766. The molecule has 0 aromatic heterocycles. The molecule has 5 nitrogen and oxygen atoms in total.